The van der Waals surface area contributed by atoms with Crippen molar-refractivity contribution in [3.63, 3.8) is 0 Å². The summed E-state index contributed by atoms with van der Waals surface area (Å²) in [6.07, 6.45) is 3.33. The number of amidine groups is 1. The molecule has 0 bridgehead atoms. The highest BCUT2D eigenvalue weighted by atomic mass is 35.5. The van der Waals surface area contributed by atoms with Gasteiger partial charge in [0.15, 0.2) is 9.84 Å². The van der Waals surface area contributed by atoms with Crippen molar-refractivity contribution in [2.45, 2.75) is 35.5 Å². The molecule has 1 heterocycles. The van der Waals surface area contributed by atoms with E-state index in [1.165, 1.54) is 48.5 Å². The molecule has 2 aromatic rings. The molecule has 0 radical (unpaired) electrons. The third kappa shape index (κ3) is 6.52. The third-order valence-electron chi connectivity index (χ3n) is 4.55. The fraction of sp³-hybridized carbons (Fsp3) is 0.300. The van der Waals surface area contributed by atoms with Gasteiger partial charge in [-0.25, -0.2) is 16.8 Å². The minimum atomic E-state index is -3.88. The molecule has 2 aromatic carbocycles. The summed E-state index contributed by atoms with van der Waals surface area (Å²) in [5.41, 5.74) is 0.169. The monoisotopic (exact) mass is 483 g/mol. The maximum Gasteiger partial charge on any atom is 0.262 e. The highest BCUT2D eigenvalue weighted by Crippen LogP contribution is 2.18. The number of sulfonamides is 1. The SMILES string of the molecule is O=C(CS(=O)(=O)c1ccc(Cl)cc1)Nc1cccc(S(=O)(=O)NC2=NCCCCC2)c1. The van der Waals surface area contributed by atoms with E-state index >= 15 is 0 Å². The van der Waals surface area contributed by atoms with Gasteiger partial charge in [0, 0.05) is 23.7 Å². The van der Waals surface area contributed by atoms with Crippen molar-refractivity contribution in [1.82, 2.24) is 4.72 Å². The Labute approximate surface area is 186 Å². The van der Waals surface area contributed by atoms with Crippen LogP contribution in [0.25, 0.3) is 0 Å². The second-order valence-corrected chi connectivity index (χ2v) is 11.1. The van der Waals surface area contributed by atoms with Gasteiger partial charge in [-0.2, -0.15) is 0 Å². The smallest absolute Gasteiger partial charge is 0.262 e. The predicted octanol–water partition coefficient (Wildman–Crippen LogP) is 3.00. The van der Waals surface area contributed by atoms with Crippen molar-refractivity contribution in [2.24, 2.45) is 4.99 Å². The van der Waals surface area contributed by atoms with Gasteiger partial charge in [0.2, 0.25) is 5.91 Å². The van der Waals surface area contributed by atoms with Gasteiger partial charge in [0.05, 0.1) is 9.79 Å². The van der Waals surface area contributed by atoms with Crippen molar-refractivity contribution in [1.29, 1.82) is 0 Å². The molecule has 1 aliphatic rings. The Balaban J connectivity index is 1.70. The molecule has 1 amide bonds. The van der Waals surface area contributed by atoms with Crippen LogP contribution in [0.1, 0.15) is 25.7 Å². The van der Waals surface area contributed by atoms with Gasteiger partial charge >= 0.3 is 0 Å². The molecule has 8 nitrogen and oxygen atoms in total. The zero-order valence-corrected chi connectivity index (χ0v) is 18.9. The molecule has 0 atom stereocenters. The maximum absolute atomic E-state index is 12.7. The minimum Gasteiger partial charge on any atom is -0.325 e. The number of carbonyl (C=O) groups excluding carboxylic acids is 1. The Morgan fingerprint density at radius 1 is 0.968 bits per heavy atom. The molecule has 0 aliphatic carbocycles. The average molecular weight is 484 g/mol. The van der Waals surface area contributed by atoms with Gasteiger partial charge < -0.3 is 5.32 Å². The fourth-order valence-corrected chi connectivity index (χ4v) is 5.40. The van der Waals surface area contributed by atoms with E-state index in [1.807, 2.05) is 0 Å². The molecule has 166 valence electrons. The first-order valence-electron chi connectivity index (χ1n) is 9.60. The molecule has 0 unspecified atom stereocenters. The fourth-order valence-electron chi connectivity index (χ4n) is 3.01. The maximum atomic E-state index is 12.7. The zero-order valence-electron chi connectivity index (χ0n) is 16.5. The van der Waals surface area contributed by atoms with Crippen molar-refractivity contribution in [2.75, 3.05) is 17.6 Å². The largest absolute Gasteiger partial charge is 0.325 e. The summed E-state index contributed by atoms with van der Waals surface area (Å²) in [5, 5.41) is 2.82. The second kappa shape index (κ2) is 9.80. The quantitative estimate of drug-likeness (QED) is 0.654. The molecule has 0 saturated carbocycles. The molecular weight excluding hydrogens is 462 g/mol. The van der Waals surface area contributed by atoms with Crippen LogP contribution in [0.2, 0.25) is 5.02 Å². The summed E-state index contributed by atoms with van der Waals surface area (Å²) in [4.78, 5) is 16.5. The molecule has 11 heteroatoms. The van der Waals surface area contributed by atoms with Crippen molar-refractivity contribution >= 4 is 48.9 Å². The van der Waals surface area contributed by atoms with E-state index in [0.29, 0.717) is 23.8 Å². The summed E-state index contributed by atoms with van der Waals surface area (Å²) in [5.74, 6) is -1.16. The van der Waals surface area contributed by atoms with Gasteiger partial charge in [0.1, 0.15) is 11.6 Å². The van der Waals surface area contributed by atoms with Gasteiger partial charge in [-0.3, -0.25) is 14.5 Å². The van der Waals surface area contributed by atoms with Gasteiger partial charge in [-0.1, -0.05) is 24.1 Å². The van der Waals surface area contributed by atoms with Gasteiger partial charge in [-0.15, -0.1) is 0 Å². The van der Waals surface area contributed by atoms with Crippen LogP contribution in [0, 0.1) is 0 Å². The van der Waals surface area contributed by atoms with E-state index in [-0.39, 0.29) is 15.5 Å². The highest BCUT2D eigenvalue weighted by molar-refractivity contribution is 7.92. The molecule has 2 N–H and O–H groups in total. The van der Waals surface area contributed by atoms with Crippen LogP contribution in [-0.4, -0.2) is 40.9 Å². The zero-order chi connectivity index (χ0) is 22.5. The number of nitrogens with zero attached hydrogens (tertiary/aromatic N) is 1. The highest BCUT2D eigenvalue weighted by Gasteiger charge is 2.21. The number of aliphatic imine (C=N–C) groups is 1. The lowest BCUT2D eigenvalue weighted by molar-refractivity contribution is -0.113. The Morgan fingerprint density at radius 3 is 2.45 bits per heavy atom. The number of amides is 1. The number of hydrogen-bond donors (Lipinski definition) is 2. The second-order valence-electron chi connectivity index (χ2n) is 7.03. The summed E-state index contributed by atoms with van der Waals surface area (Å²) < 4.78 is 52.7. The first kappa shape index (κ1) is 23.2. The van der Waals surface area contributed by atoms with E-state index in [0.717, 1.165) is 19.3 Å². The van der Waals surface area contributed by atoms with E-state index < -0.39 is 31.5 Å². The topological polar surface area (TPSA) is 122 Å². The van der Waals surface area contributed by atoms with E-state index in [2.05, 4.69) is 15.0 Å². The lowest BCUT2D eigenvalue weighted by atomic mass is 10.2. The summed E-state index contributed by atoms with van der Waals surface area (Å²) >= 11 is 5.76. The first-order chi connectivity index (χ1) is 14.7. The standard InChI is InChI=1S/C20H22ClN3O5S2/c21-15-8-10-17(11-9-15)30(26,27)14-20(25)23-16-5-4-6-18(13-16)31(28,29)24-19-7-2-1-3-12-22-19/h4-6,8-11,13H,1-3,7,12,14H2,(H,22,24)(H,23,25). The van der Waals surface area contributed by atoms with Crippen LogP contribution in [0.15, 0.2) is 63.3 Å². The molecule has 31 heavy (non-hydrogen) atoms. The van der Waals surface area contributed by atoms with Crippen LogP contribution in [0.5, 0.6) is 0 Å². The Morgan fingerprint density at radius 2 is 1.71 bits per heavy atom. The van der Waals surface area contributed by atoms with E-state index in [1.54, 1.807) is 0 Å². The van der Waals surface area contributed by atoms with Crippen molar-refractivity contribution in [3.8, 4) is 0 Å². The number of halogens is 1. The Bertz CT molecular complexity index is 1190. The summed E-state index contributed by atoms with van der Waals surface area (Å²) in [7, 11) is -7.75. The van der Waals surface area contributed by atoms with Crippen LogP contribution >= 0.6 is 11.6 Å². The van der Waals surface area contributed by atoms with Gasteiger partial charge in [-0.05, 0) is 55.3 Å². The molecule has 1 aliphatic heterocycles. The van der Waals surface area contributed by atoms with E-state index in [9.17, 15) is 21.6 Å². The third-order valence-corrected chi connectivity index (χ3v) is 7.81. The number of sulfone groups is 1. The number of hydrogen-bond acceptors (Lipinski definition) is 6. The minimum absolute atomic E-state index is 0.0308. The molecule has 0 aromatic heterocycles. The summed E-state index contributed by atoms with van der Waals surface area (Å²) in [6.45, 7) is 0.579. The van der Waals surface area contributed by atoms with Gasteiger partial charge in [0.25, 0.3) is 10.0 Å². The van der Waals surface area contributed by atoms with Crippen molar-refractivity contribution < 1.29 is 21.6 Å². The number of nitrogens with one attached hydrogen (secondary N) is 2. The number of carbonyl (C=O) groups is 1. The Kier molecular flexibility index (Phi) is 7.34. The number of benzene rings is 2. The molecule has 0 fully saturated rings. The summed E-state index contributed by atoms with van der Waals surface area (Å²) in [6, 6.07) is 11.1. The number of rotatable bonds is 6. The van der Waals surface area contributed by atoms with Crippen molar-refractivity contribution in [3.05, 3.63) is 53.6 Å². The lowest BCUT2D eigenvalue weighted by Gasteiger charge is -2.11. The Hall–Kier alpha value is -2.43. The van der Waals surface area contributed by atoms with Crippen LogP contribution in [0.3, 0.4) is 0 Å². The molecule has 0 saturated heterocycles. The molecule has 3 rings (SSSR count). The normalized spacial score (nSPS) is 14.9. The van der Waals surface area contributed by atoms with Crippen LogP contribution in [-0.2, 0) is 24.7 Å². The first-order valence-corrected chi connectivity index (χ1v) is 13.1. The molecule has 0 spiro atoms. The number of anilines is 1. The van der Waals surface area contributed by atoms with E-state index in [4.69, 9.17) is 11.6 Å². The van der Waals surface area contributed by atoms with Crippen LogP contribution in [0.4, 0.5) is 5.69 Å². The lowest BCUT2D eigenvalue weighted by Crippen LogP contribution is -2.30. The predicted molar refractivity (Wildman–Crippen MR) is 120 cm³/mol. The van der Waals surface area contributed by atoms with Crippen LogP contribution < -0.4 is 10.0 Å². The average Bonchev–Trinajstić information content (AvgIpc) is 2.96. The molecular formula is C20H22ClN3O5S2.